The molecule has 0 bridgehead atoms. The first-order chi connectivity index (χ1) is 15.2. The number of nitrogens with zero attached hydrogens (tertiary/aromatic N) is 5. The molecule has 31 heavy (non-hydrogen) atoms. The second-order valence-electron chi connectivity index (χ2n) is 8.01. The molecule has 0 amide bonds. The van der Waals surface area contributed by atoms with E-state index in [1.807, 2.05) is 30.8 Å². The van der Waals surface area contributed by atoms with Gasteiger partial charge >= 0.3 is 0 Å². The molecular weight excluding hydrogens is 401 g/mol. The van der Waals surface area contributed by atoms with Gasteiger partial charge in [-0.25, -0.2) is 4.39 Å². The minimum absolute atomic E-state index is 0.270. The van der Waals surface area contributed by atoms with Crippen molar-refractivity contribution in [1.29, 1.82) is 0 Å². The van der Waals surface area contributed by atoms with Gasteiger partial charge in [-0.15, -0.1) is 0 Å². The minimum atomic E-state index is -0.969. The van der Waals surface area contributed by atoms with Crippen LogP contribution >= 0.6 is 0 Å². The summed E-state index contributed by atoms with van der Waals surface area (Å²) in [6.45, 7) is 7.18. The van der Waals surface area contributed by atoms with Crippen molar-refractivity contribution in [2.24, 2.45) is 0 Å². The molecule has 3 aromatic heterocycles. The Labute approximate surface area is 179 Å². The van der Waals surface area contributed by atoms with Gasteiger partial charge in [0.15, 0.2) is 0 Å². The molecule has 5 rings (SSSR count). The average molecular weight is 430 g/mol. The highest BCUT2D eigenvalue weighted by molar-refractivity contribution is 5.82. The number of H-pyrrole nitrogens is 1. The molecule has 2 N–H and O–H groups in total. The first kappa shape index (κ1) is 20.2. The van der Waals surface area contributed by atoms with Crippen molar-refractivity contribution in [3.63, 3.8) is 0 Å². The van der Waals surface area contributed by atoms with Gasteiger partial charge in [0.2, 0.25) is 11.8 Å². The maximum absolute atomic E-state index is 15.1. The van der Waals surface area contributed by atoms with Gasteiger partial charge in [0.1, 0.15) is 11.8 Å². The molecule has 5 heterocycles. The van der Waals surface area contributed by atoms with Gasteiger partial charge in [-0.05, 0) is 25.8 Å². The summed E-state index contributed by atoms with van der Waals surface area (Å²) in [4.78, 5) is 14.4. The number of aromatic amines is 1. The van der Waals surface area contributed by atoms with Crippen LogP contribution in [0.4, 0.5) is 16.0 Å². The number of ether oxygens (including phenoxy) is 2. The van der Waals surface area contributed by atoms with E-state index in [9.17, 15) is 0 Å². The van der Waals surface area contributed by atoms with Crippen molar-refractivity contribution in [3.05, 3.63) is 24.2 Å². The Bertz CT molecular complexity index is 1050. The molecule has 2 aliphatic rings. The van der Waals surface area contributed by atoms with Crippen molar-refractivity contribution in [2.75, 3.05) is 38.2 Å². The molecule has 166 valence electrons. The molecule has 0 radical (unpaired) electrons. The second-order valence-corrected chi connectivity index (χ2v) is 8.01. The predicted octanol–water partition coefficient (Wildman–Crippen LogP) is 2.84. The lowest BCUT2D eigenvalue weighted by Gasteiger charge is -2.42. The lowest BCUT2D eigenvalue weighted by Crippen LogP contribution is -2.55. The van der Waals surface area contributed by atoms with Crippen LogP contribution in [0.2, 0.25) is 0 Å². The molecule has 9 nitrogen and oxygen atoms in total. The van der Waals surface area contributed by atoms with Gasteiger partial charge in [0.05, 0.1) is 54.9 Å². The van der Waals surface area contributed by atoms with Gasteiger partial charge in [0, 0.05) is 19.3 Å². The molecule has 0 spiro atoms. The molecule has 0 aromatic carbocycles. The third kappa shape index (κ3) is 3.74. The van der Waals surface area contributed by atoms with E-state index in [-0.39, 0.29) is 6.04 Å². The normalized spacial score (nSPS) is 22.5. The third-order valence-corrected chi connectivity index (χ3v) is 6.13. The molecule has 2 atom stereocenters. The molecule has 0 unspecified atom stereocenters. The van der Waals surface area contributed by atoms with E-state index in [0.29, 0.717) is 49.9 Å². The molecular formula is C21H28FN7O2. The molecule has 0 saturated carbocycles. The van der Waals surface area contributed by atoms with Crippen LogP contribution in [0.3, 0.4) is 0 Å². The summed E-state index contributed by atoms with van der Waals surface area (Å²) < 4.78 is 27.9. The number of aromatic nitrogens is 5. The highest BCUT2D eigenvalue weighted by Crippen LogP contribution is 2.32. The Morgan fingerprint density at radius 1 is 1.32 bits per heavy atom. The number of alkyl halides is 1. The fourth-order valence-electron chi connectivity index (χ4n) is 4.42. The Morgan fingerprint density at radius 2 is 2.19 bits per heavy atom. The van der Waals surface area contributed by atoms with E-state index < -0.39 is 6.17 Å². The number of piperidine rings is 1. The number of hydrogen-bond acceptors (Lipinski definition) is 7. The highest BCUT2D eigenvalue weighted by Gasteiger charge is 2.37. The Balaban J connectivity index is 1.37. The average Bonchev–Trinajstić information content (AvgIpc) is 3.34. The minimum Gasteiger partial charge on any atom is -0.477 e. The number of nitrogens with one attached hydrogen (secondary N) is 2. The fourth-order valence-corrected chi connectivity index (χ4v) is 4.42. The van der Waals surface area contributed by atoms with Gasteiger partial charge in [-0.3, -0.25) is 9.58 Å². The predicted molar refractivity (Wildman–Crippen MR) is 115 cm³/mol. The lowest BCUT2D eigenvalue weighted by atomic mass is 10.0. The van der Waals surface area contributed by atoms with Crippen LogP contribution in [-0.2, 0) is 11.2 Å². The van der Waals surface area contributed by atoms with Crippen LogP contribution in [0.5, 0.6) is 5.88 Å². The summed E-state index contributed by atoms with van der Waals surface area (Å²) in [5.74, 6) is 0.946. The molecule has 2 fully saturated rings. The summed E-state index contributed by atoms with van der Waals surface area (Å²) in [6, 6.07) is 1.98. The van der Waals surface area contributed by atoms with Crippen LogP contribution in [-0.4, -0.2) is 74.8 Å². The van der Waals surface area contributed by atoms with Crippen LogP contribution in [0.15, 0.2) is 18.5 Å². The van der Waals surface area contributed by atoms with Crippen LogP contribution in [0.1, 0.15) is 32.0 Å². The number of fused-ring (bicyclic) bond motifs is 1. The SMILES string of the molecule is CCOc1nc(Nc2cnn([C@@H]3CCN(C4COC4)C[C@H]3F)c2CC)nc2[nH]ccc12. The summed E-state index contributed by atoms with van der Waals surface area (Å²) in [5, 5.41) is 8.65. The van der Waals surface area contributed by atoms with Gasteiger partial charge in [-0.1, -0.05) is 6.92 Å². The maximum Gasteiger partial charge on any atom is 0.232 e. The van der Waals surface area contributed by atoms with E-state index in [2.05, 4.69) is 30.3 Å². The largest absolute Gasteiger partial charge is 0.477 e. The number of halogens is 1. The van der Waals surface area contributed by atoms with E-state index >= 15 is 4.39 Å². The Kier molecular flexibility index (Phi) is 5.49. The lowest BCUT2D eigenvalue weighted by molar-refractivity contribution is -0.0848. The Hall–Kier alpha value is -2.72. The molecule has 10 heteroatoms. The van der Waals surface area contributed by atoms with Gasteiger partial charge < -0.3 is 19.8 Å². The molecule has 3 aromatic rings. The number of anilines is 2. The zero-order valence-electron chi connectivity index (χ0n) is 17.8. The molecule has 2 aliphatic heterocycles. The van der Waals surface area contributed by atoms with Crippen LogP contribution in [0.25, 0.3) is 11.0 Å². The molecule has 2 saturated heterocycles. The van der Waals surface area contributed by atoms with Crippen LogP contribution in [0, 0.1) is 0 Å². The van der Waals surface area contributed by atoms with E-state index in [1.54, 1.807) is 6.20 Å². The summed E-state index contributed by atoms with van der Waals surface area (Å²) >= 11 is 0. The zero-order chi connectivity index (χ0) is 21.4. The van der Waals surface area contributed by atoms with Crippen molar-refractivity contribution in [1.82, 2.24) is 29.6 Å². The topological polar surface area (TPSA) is 93.1 Å². The third-order valence-electron chi connectivity index (χ3n) is 6.13. The van der Waals surface area contributed by atoms with E-state index in [0.717, 1.165) is 36.2 Å². The highest BCUT2D eigenvalue weighted by atomic mass is 19.1. The summed E-state index contributed by atoms with van der Waals surface area (Å²) in [7, 11) is 0. The first-order valence-corrected chi connectivity index (χ1v) is 10.9. The van der Waals surface area contributed by atoms with Gasteiger partial charge in [0.25, 0.3) is 0 Å². The fraction of sp³-hybridized carbons (Fsp3) is 0.571. The second kappa shape index (κ2) is 8.43. The zero-order valence-corrected chi connectivity index (χ0v) is 17.8. The smallest absolute Gasteiger partial charge is 0.232 e. The quantitative estimate of drug-likeness (QED) is 0.597. The number of rotatable bonds is 7. The summed E-state index contributed by atoms with van der Waals surface area (Å²) in [5.41, 5.74) is 2.43. The maximum atomic E-state index is 15.1. The van der Waals surface area contributed by atoms with Crippen molar-refractivity contribution < 1.29 is 13.9 Å². The molecule has 0 aliphatic carbocycles. The monoisotopic (exact) mass is 429 g/mol. The van der Waals surface area contributed by atoms with Crippen molar-refractivity contribution in [2.45, 2.75) is 44.9 Å². The van der Waals surface area contributed by atoms with Crippen molar-refractivity contribution >= 4 is 22.7 Å². The van der Waals surface area contributed by atoms with E-state index in [1.165, 1.54) is 0 Å². The first-order valence-electron chi connectivity index (χ1n) is 10.9. The van der Waals surface area contributed by atoms with E-state index in [4.69, 9.17) is 9.47 Å². The standard InChI is InChI=1S/C21H28FN7O2/c1-3-17-16(25-21-26-19-14(5-7-23-19)20(27-21)31-4-2)9-24-29(17)18-6-8-28(10-15(18)22)13-11-30-12-13/h5,7,9,13,15,18H,3-4,6,8,10-12H2,1-2H3,(H2,23,25,26,27)/t15-,18-/m1/s1. The van der Waals surface area contributed by atoms with Crippen LogP contribution < -0.4 is 10.1 Å². The number of likely N-dealkylation sites (tertiary alicyclic amines) is 1. The summed E-state index contributed by atoms with van der Waals surface area (Å²) in [6.07, 6.45) is 4.02. The number of hydrogen-bond donors (Lipinski definition) is 2. The Morgan fingerprint density at radius 3 is 2.90 bits per heavy atom. The van der Waals surface area contributed by atoms with Gasteiger partial charge in [-0.2, -0.15) is 15.1 Å². The van der Waals surface area contributed by atoms with Crippen molar-refractivity contribution in [3.8, 4) is 5.88 Å².